The van der Waals surface area contributed by atoms with Crippen LogP contribution in [0.15, 0.2) is 12.2 Å². The molecule has 0 spiro atoms. The number of hydrogen-bond acceptors (Lipinski definition) is 4. The molecule has 0 aromatic carbocycles. The van der Waals surface area contributed by atoms with E-state index in [1.165, 1.54) is 16.2 Å². The maximum absolute atomic E-state index is 13.0. The number of carboxylic acids is 1. The number of thiophene rings is 1. The van der Waals surface area contributed by atoms with Gasteiger partial charge in [0.25, 0.3) is 5.91 Å². The van der Waals surface area contributed by atoms with Crippen LogP contribution in [0.3, 0.4) is 0 Å². The van der Waals surface area contributed by atoms with Crippen molar-refractivity contribution in [3.05, 3.63) is 28.2 Å². The van der Waals surface area contributed by atoms with Gasteiger partial charge in [0, 0.05) is 10.9 Å². The van der Waals surface area contributed by atoms with Crippen LogP contribution < -0.4 is 10.6 Å². The first kappa shape index (κ1) is 17.0. The van der Waals surface area contributed by atoms with E-state index in [1.807, 2.05) is 12.2 Å². The number of carboxylic acid groups (broad SMARTS) is 1. The second-order valence-electron chi connectivity index (χ2n) is 8.14. The lowest BCUT2D eigenvalue weighted by Crippen LogP contribution is -2.36. The van der Waals surface area contributed by atoms with Gasteiger partial charge in [-0.15, -0.1) is 11.3 Å². The molecule has 2 amide bonds. The summed E-state index contributed by atoms with van der Waals surface area (Å²) in [5, 5.41) is 16.2. The molecule has 0 saturated heterocycles. The van der Waals surface area contributed by atoms with Crippen LogP contribution in [0.5, 0.6) is 0 Å². The number of carbonyl (C=O) groups excluding carboxylic acids is 2. The lowest BCUT2D eigenvalue weighted by molar-refractivity contribution is -0.146. The van der Waals surface area contributed by atoms with Gasteiger partial charge in [0.15, 0.2) is 0 Å². The highest BCUT2D eigenvalue weighted by atomic mass is 32.1. The Kier molecular flexibility index (Phi) is 3.89. The molecule has 0 unspecified atom stereocenters. The summed E-state index contributed by atoms with van der Waals surface area (Å²) < 4.78 is 0. The first-order valence-corrected chi connectivity index (χ1v) is 10.5. The van der Waals surface area contributed by atoms with Crippen LogP contribution >= 0.6 is 11.3 Å². The largest absolute Gasteiger partial charge is 0.481 e. The maximum atomic E-state index is 13.0. The Morgan fingerprint density at radius 3 is 2.52 bits per heavy atom. The van der Waals surface area contributed by atoms with Crippen LogP contribution in [0.1, 0.15) is 46.5 Å². The van der Waals surface area contributed by atoms with Crippen LogP contribution in [-0.4, -0.2) is 28.9 Å². The molecule has 2 saturated carbocycles. The molecule has 27 heavy (non-hydrogen) atoms. The van der Waals surface area contributed by atoms with Crippen LogP contribution in [0.25, 0.3) is 0 Å². The smallest absolute Gasteiger partial charge is 0.307 e. The Morgan fingerprint density at radius 1 is 1.07 bits per heavy atom. The predicted octanol–water partition coefficient (Wildman–Crippen LogP) is 2.59. The van der Waals surface area contributed by atoms with Crippen molar-refractivity contribution >= 4 is 34.1 Å². The molecule has 4 atom stereocenters. The molecule has 0 aliphatic heterocycles. The van der Waals surface area contributed by atoms with Crippen LogP contribution in [0.2, 0.25) is 0 Å². The van der Waals surface area contributed by atoms with E-state index < -0.39 is 17.8 Å². The molecular weight excluding hydrogens is 364 g/mol. The normalized spacial score (nSPS) is 30.4. The average Bonchev–Trinajstić information content (AvgIpc) is 3.02. The van der Waals surface area contributed by atoms with Crippen molar-refractivity contribution in [1.82, 2.24) is 5.32 Å². The van der Waals surface area contributed by atoms with Gasteiger partial charge in [0.05, 0.1) is 17.4 Å². The third-order valence-electron chi connectivity index (χ3n) is 6.34. The number of nitrogens with one attached hydrogen (secondary N) is 2. The summed E-state index contributed by atoms with van der Waals surface area (Å²) in [5.41, 5.74) is 1.68. The maximum Gasteiger partial charge on any atom is 0.307 e. The Bertz CT molecular complexity index is 870. The Morgan fingerprint density at radius 2 is 1.81 bits per heavy atom. The molecule has 2 bridgehead atoms. The highest BCUT2D eigenvalue weighted by Crippen LogP contribution is 2.49. The van der Waals surface area contributed by atoms with Gasteiger partial charge in [-0.2, -0.15) is 0 Å². The molecule has 1 aromatic heterocycles. The molecular formula is C20H22N2O4S. The monoisotopic (exact) mass is 386 g/mol. The van der Waals surface area contributed by atoms with E-state index in [-0.39, 0.29) is 29.7 Å². The molecule has 3 N–H and O–H groups in total. The van der Waals surface area contributed by atoms with Crippen molar-refractivity contribution in [2.75, 3.05) is 5.32 Å². The van der Waals surface area contributed by atoms with E-state index in [0.717, 1.165) is 44.1 Å². The highest BCUT2D eigenvalue weighted by molar-refractivity contribution is 7.17. The van der Waals surface area contributed by atoms with Gasteiger partial charge >= 0.3 is 5.97 Å². The minimum absolute atomic E-state index is 0.0216. The number of aryl methyl sites for hydroxylation is 1. The summed E-state index contributed by atoms with van der Waals surface area (Å²) in [5.74, 6) is -2.59. The Balaban J connectivity index is 1.42. The summed E-state index contributed by atoms with van der Waals surface area (Å²) in [6.45, 7) is 0. The SMILES string of the molecule is O=C(NC1CC1)c1c(NC(=O)[C@@H]2[C@H](C(=O)O)[C@H]3C=C[C@H]2C3)sc2c1CCC2. The van der Waals surface area contributed by atoms with Crippen molar-refractivity contribution < 1.29 is 19.5 Å². The number of carbonyl (C=O) groups is 3. The third kappa shape index (κ3) is 2.79. The number of rotatable bonds is 5. The minimum atomic E-state index is -0.910. The fraction of sp³-hybridized carbons (Fsp3) is 0.550. The average molecular weight is 386 g/mol. The van der Waals surface area contributed by atoms with Crippen LogP contribution in [0.4, 0.5) is 5.00 Å². The zero-order chi connectivity index (χ0) is 18.7. The number of fused-ring (bicyclic) bond motifs is 3. The summed E-state index contributed by atoms with van der Waals surface area (Å²) >= 11 is 1.48. The fourth-order valence-corrected chi connectivity index (χ4v) is 6.22. The summed E-state index contributed by atoms with van der Waals surface area (Å²) in [6.07, 6.45) is 9.50. The number of allylic oxidation sites excluding steroid dienone is 2. The summed E-state index contributed by atoms with van der Waals surface area (Å²) in [4.78, 5) is 38.7. The Hall–Kier alpha value is -2.15. The van der Waals surface area contributed by atoms with E-state index in [1.54, 1.807) is 0 Å². The molecule has 1 aromatic rings. The topological polar surface area (TPSA) is 95.5 Å². The zero-order valence-corrected chi connectivity index (χ0v) is 15.7. The van der Waals surface area contributed by atoms with Gasteiger partial charge in [-0.1, -0.05) is 12.2 Å². The summed E-state index contributed by atoms with van der Waals surface area (Å²) in [7, 11) is 0. The molecule has 142 valence electrons. The van der Waals surface area contributed by atoms with Gasteiger partial charge in [-0.3, -0.25) is 14.4 Å². The number of amides is 2. The van der Waals surface area contributed by atoms with Gasteiger partial charge in [-0.05, 0) is 55.9 Å². The number of hydrogen-bond donors (Lipinski definition) is 3. The number of aliphatic carboxylic acids is 1. The van der Waals surface area contributed by atoms with Gasteiger partial charge in [-0.25, -0.2) is 0 Å². The number of anilines is 1. The Labute approximate surface area is 161 Å². The second-order valence-corrected chi connectivity index (χ2v) is 9.24. The second kappa shape index (κ2) is 6.19. The lowest BCUT2D eigenvalue weighted by Gasteiger charge is -2.23. The molecule has 5 rings (SSSR count). The van der Waals surface area contributed by atoms with Gasteiger partial charge in [0.1, 0.15) is 5.00 Å². The molecule has 0 radical (unpaired) electrons. The molecule has 7 heteroatoms. The standard InChI is InChI=1S/C20H22N2O4S/c23-17(14-9-4-5-10(8-9)15(14)20(25)26)22-19-16(18(24)21-11-6-7-11)12-2-1-3-13(12)27-19/h4-5,9-11,14-15H,1-3,6-8H2,(H,21,24)(H,22,23)(H,25,26)/t9-,10-,14-,15+/m0/s1. The first-order chi connectivity index (χ1) is 13.0. The van der Waals surface area contributed by atoms with Crippen molar-refractivity contribution in [3.63, 3.8) is 0 Å². The molecule has 2 fully saturated rings. The summed E-state index contributed by atoms with van der Waals surface area (Å²) in [6, 6.07) is 0.255. The van der Waals surface area contributed by atoms with Crippen molar-refractivity contribution in [3.8, 4) is 0 Å². The van der Waals surface area contributed by atoms with Gasteiger partial charge in [0.2, 0.25) is 5.91 Å². The first-order valence-electron chi connectivity index (χ1n) is 9.70. The van der Waals surface area contributed by atoms with E-state index in [9.17, 15) is 19.5 Å². The van der Waals surface area contributed by atoms with Crippen LogP contribution in [0, 0.1) is 23.7 Å². The molecule has 4 aliphatic rings. The third-order valence-corrected chi connectivity index (χ3v) is 7.55. The van der Waals surface area contributed by atoms with E-state index >= 15 is 0 Å². The van der Waals surface area contributed by atoms with E-state index in [4.69, 9.17) is 0 Å². The fourth-order valence-electron chi connectivity index (χ4n) is 4.93. The highest BCUT2D eigenvalue weighted by Gasteiger charge is 2.51. The predicted molar refractivity (Wildman–Crippen MR) is 101 cm³/mol. The van der Waals surface area contributed by atoms with Crippen molar-refractivity contribution in [2.45, 2.75) is 44.6 Å². The minimum Gasteiger partial charge on any atom is -0.481 e. The molecule has 4 aliphatic carbocycles. The lowest BCUT2D eigenvalue weighted by atomic mass is 9.82. The zero-order valence-electron chi connectivity index (χ0n) is 14.9. The van der Waals surface area contributed by atoms with E-state index in [2.05, 4.69) is 10.6 Å². The molecule has 1 heterocycles. The quantitative estimate of drug-likeness (QED) is 0.678. The van der Waals surface area contributed by atoms with Crippen LogP contribution in [-0.2, 0) is 22.4 Å². The van der Waals surface area contributed by atoms with E-state index in [0.29, 0.717) is 10.6 Å². The van der Waals surface area contributed by atoms with Crippen molar-refractivity contribution in [1.29, 1.82) is 0 Å². The molecule has 6 nitrogen and oxygen atoms in total. The van der Waals surface area contributed by atoms with Crippen molar-refractivity contribution in [2.24, 2.45) is 23.7 Å². The van der Waals surface area contributed by atoms with Gasteiger partial charge < -0.3 is 15.7 Å².